The molecular formula is C15H22Cl2N2O. The van der Waals surface area contributed by atoms with Crippen molar-refractivity contribution in [2.24, 2.45) is 0 Å². The van der Waals surface area contributed by atoms with E-state index < -0.39 is 6.10 Å². The van der Waals surface area contributed by atoms with E-state index in [0.717, 1.165) is 31.6 Å². The molecule has 0 aliphatic carbocycles. The van der Waals surface area contributed by atoms with Crippen LogP contribution in [-0.4, -0.2) is 60.8 Å². The van der Waals surface area contributed by atoms with Gasteiger partial charge in [0.25, 0.3) is 0 Å². The van der Waals surface area contributed by atoms with Gasteiger partial charge in [0.1, 0.15) is 0 Å². The number of rotatable bonds is 4. The molecule has 2 rings (SSSR count). The average molecular weight is 317 g/mol. The Hall–Kier alpha value is -0.320. The number of aliphatic hydroxyl groups excluding tert-OH is 1. The van der Waals surface area contributed by atoms with Crippen LogP contribution in [-0.2, 0) is 6.42 Å². The predicted octanol–water partition coefficient (Wildman–Crippen LogP) is 2.53. The van der Waals surface area contributed by atoms with Crippen molar-refractivity contribution in [3.8, 4) is 0 Å². The summed E-state index contributed by atoms with van der Waals surface area (Å²) in [7, 11) is 4.25. The van der Waals surface area contributed by atoms with Gasteiger partial charge in [-0.05, 0) is 38.6 Å². The molecule has 0 amide bonds. The van der Waals surface area contributed by atoms with E-state index in [0.29, 0.717) is 22.5 Å². The van der Waals surface area contributed by atoms with Gasteiger partial charge in [-0.25, -0.2) is 0 Å². The molecule has 112 valence electrons. The Kier molecular flexibility index (Phi) is 5.70. The smallest absolute Gasteiger partial charge is 0.0625 e. The molecule has 0 aromatic heterocycles. The van der Waals surface area contributed by atoms with Crippen molar-refractivity contribution in [2.45, 2.75) is 25.0 Å². The summed E-state index contributed by atoms with van der Waals surface area (Å²) in [6, 6.07) is 5.95. The maximum absolute atomic E-state index is 10.3. The van der Waals surface area contributed by atoms with Gasteiger partial charge in [-0.3, -0.25) is 0 Å². The van der Waals surface area contributed by atoms with Crippen LogP contribution in [0.4, 0.5) is 0 Å². The standard InChI is InChI=1S/C15H22Cl2N2O/c1-18-6-7-19(2)12(10-18)9-13(20)8-11-4-3-5-14(16)15(11)17/h3-5,12-13,20H,6-10H2,1-2H3. The average Bonchev–Trinajstić information content (AvgIpc) is 2.39. The molecular weight excluding hydrogens is 295 g/mol. The Bertz CT molecular complexity index is 455. The third kappa shape index (κ3) is 4.09. The molecule has 0 saturated carbocycles. The molecule has 1 aliphatic rings. The van der Waals surface area contributed by atoms with Crippen LogP contribution in [0.1, 0.15) is 12.0 Å². The minimum atomic E-state index is -0.398. The summed E-state index contributed by atoms with van der Waals surface area (Å²) in [5.41, 5.74) is 0.915. The minimum absolute atomic E-state index is 0.390. The predicted molar refractivity (Wildman–Crippen MR) is 84.7 cm³/mol. The van der Waals surface area contributed by atoms with E-state index in [1.54, 1.807) is 6.07 Å². The summed E-state index contributed by atoms with van der Waals surface area (Å²) >= 11 is 12.2. The molecule has 20 heavy (non-hydrogen) atoms. The van der Waals surface area contributed by atoms with Gasteiger partial charge in [0.2, 0.25) is 0 Å². The van der Waals surface area contributed by atoms with Gasteiger partial charge in [-0.2, -0.15) is 0 Å². The summed E-state index contributed by atoms with van der Waals surface area (Å²) in [6.07, 6.45) is 0.904. The van der Waals surface area contributed by atoms with E-state index in [9.17, 15) is 5.11 Å². The van der Waals surface area contributed by atoms with Crippen molar-refractivity contribution in [1.82, 2.24) is 9.80 Å². The number of hydrogen-bond acceptors (Lipinski definition) is 3. The quantitative estimate of drug-likeness (QED) is 0.924. The molecule has 0 spiro atoms. The molecule has 2 unspecified atom stereocenters. The first-order valence-corrected chi connectivity index (χ1v) is 7.72. The summed E-state index contributed by atoms with van der Waals surface area (Å²) < 4.78 is 0. The van der Waals surface area contributed by atoms with Crippen molar-refractivity contribution < 1.29 is 5.11 Å². The number of aliphatic hydroxyl groups is 1. The zero-order valence-electron chi connectivity index (χ0n) is 12.0. The van der Waals surface area contributed by atoms with Gasteiger partial charge in [-0.15, -0.1) is 0 Å². The lowest BCUT2D eigenvalue weighted by molar-refractivity contribution is 0.0639. The summed E-state index contributed by atoms with van der Waals surface area (Å²) in [5, 5.41) is 11.4. The second kappa shape index (κ2) is 7.10. The van der Waals surface area contributed by atoms with Crippen LogP contribution in [0, 0.1) is 0 Å². The number of halogens is 2. The van der Waals surface area contributed by atoms with Crippen molar-refractivity contribution in [3.05, 3.63) is 33.8 Å². The van der Waals surface area contributed by atoms with Crippen molar-refractivity contribution in [3.63, 3.8) is 0 Å². The lowest BCUT2D eigenvalue weighted by Crippen LogP contribution is -2.51. The van der Waals surface area contributed by atoms with E-state index >= 15 is 0 Å². The van der Waals surface area contributed by atoms with Crippen molar-refractivity contribution >= 4 is 23.2 Å². The first-order valence-electron chi connectivity index (χ1n) is 6.97. The molecule has 1 N–H and O–H groups in total. The summed E-state index contributed by atoms with van der Waals surface area (Å²) in [4.78, 5) is 4.63. The number of piperazine rings is 1. The van der Waals surface area contributed by atoms with Gasteiger partial charge < -0.3 is 14.9 Å². The molecule has 1 aliphatic heterocycles. The molecule has 5 heteroatoms. The number of nitrogens with zero attached hydrogens (tertiary/aromatic N) is 2. The Morgan fingerprint density at radius 1 is 1.30 bits per heavy atom. The second-order valence-electron chi connectivity index (χ2n) is 5.70. The van der Waals surface area contributed by atoms with Crippen LogP contribution < -0.4 is 0 Å². The van der Waals surface area contributed by atoms with Gasteiger partial charge in [0, 0.05) is 25.7 Å². The Labute approximate surface area is 131 Å². The molecule has 1 aromatic carbocycles. The molecule has 2 atom stereocenters. The van der Waals surface area contributed by atoms with E-state index in [2.05, 4.69) is 23.9 Å². The van der Waals surface area contributed by atoms with E-state index in [1.807, 2.05) is 12.1 Å². The first-order chi connectivity index (χ1) is 9.47. The number of hydrogen-bond donors (Lipinski definition) is 1. The van der Waals surface area contributed by atoms with E-state index in [-0.39, 0.29) is 0 Å². The maximum Gasteiger partial charge on any atom is 0.0625 e. The Morgan fingerprint density at radius 2 is 2.05 bits per heavy atom. The van der Waals surface area contributed by atoms with Crippen LogP contribution in [0.3, 0.4) is 0 Å². The fourth-order valence-electron chi connectivity index (χ4n) is 2.71. The van der Waals surface area contributed by atoms with Crippen LogP contribution in [0.5, 0.6) is 0 Å². The van der Waals surface area contributed by atoms with E-state index in [1.165, 1.54) is 0 Å². The third-order valence-electron chi connectivity index (χ3n) is 4.01. The highest BCUT2D eigenvalue weighted by molar-refractivity contribution is 6.42. The minimum Gasteiger partial charge on any atom is -0.393 e. The molecule has 1 fully saturated rings. The summed E-state index contributed by atoms with van der Waals surface area (Å²) in [5.74, 6) is 0. The van der Waals surface area contributed by atoms with Crippen molar-refractivity contribution in [1.29, 1.82) is 0 Å². The van der Waals surface area contributed by atoms with Crippen LogP contribution >= 0.6 is 23.2 Å². The third-order valence-corrected chi connectivity index (χ3v) is 4.87. The zero-order chi connectivity index (χ0) is 14.7. The highest BCUT2D eigenvalue weighted by Crippen LogP contribution is 2.27. The topological polar surface area (TPSA) is 26.7 Å². The number of benzene rings is 1. The Morgan fingerprint density at radius 3 is 2.80 bits per heavy atom. The molecule has 0 bridgehead atoms. The maximum atomic E-state index is 10.3. The number of likely N-dealkylation sites (N-methyl/N-ethyl adjacent to an activating group) is 2. The van der Waals surface area contributed by atoms with Crippen LogP contribution in [0.25, 0.3) is 0 Å². The normalized spacial score (nSPS) is 22.9. The first kappa shape index (κ1) is 16.1. The SMILES string of the molecule is CN1CCN(C)C(CC(O)Cc2cccc(Cl)c2Cl)C1. The monoisotopic (exact) mass is 316 g/mol. The Balaban J connectivity index is 1.94. The second-order valence-corrected chi connectivity index (χ2v) is 6.49. The molecule has 1 heterocycles. The molecule has 1 aromatic rings. The van der Waals surface area contributed by atoms with Crippen LogP contribution in [0.2, 0.25) is 10.0 Å². The molecule has 1 saturated heterocycles. The highest BCUT2D eigenvalue weighted by atomic mass is 35.5. The lowest BCUT2D eigenvalue weighted by Gasteiger charge is -2.38. The van der Waals surface area contributed by atoms with Gasteiger partial charge in [0.05, 0.1) is 16.1 Å². The van der Waals surface area contributed by atoms with Crippen LogP contribution in [0.15, 0.2) is 18.2 Å². The fraction of sp³-hybridized carbons (Fsp3) is 0.600. The lowest BCUT2D eigenvalue weighted by atomic mass is 9.99. The largest absolute Gasteiger partial charge is 0.393 e. The van der Waals surface area contributed by atoms with Crippen molar-refractivity contribution in [2.75, 3.05) is 33.7 Å². The van der Waals surface area contributed by atoms with Gasteiger partial charge in [0.15, 0.2) is 0 Å². The molecule has 3 nitrogen and oxygen atoms in total. The highest BCUT2D eigenvalue weighted by Gasteiger charge is 2.24. The van der Waals surface area contributed by atoms with Gasteiger partial charge >= 0.3 is 0 Å². The summed E-state index contributed by atoms with van der Waals surface area (Å²) in [6.45, 7) is 3.13. The fourth-order valence-corrected chi connectivity index (χ4v) is 3.11. The molecule has 0 radical (unpaired) electrons. The zero-order valence-corrected chi connectivity index (χ0v) is 13.5. The van der Waals surface area contributed by atoms with Gasteiger partial charge in [-0.1, -0.05) is 35.3 Å². The van der Waals surface area contributed by atoms with E-state index in [4.69, 9.17) is 23.2 Å².